The van der Waals surface area contributed by atoms with Crippen molar-refractivity contribution >= 4 is 29.8 Å². The van der Waals surface area contributed by atoms with Crippen LogP contribution in [0.2, 0.25) is 5.02 Å². The number of ether oxygens (including phenoxy) is 1. The summed E-state index contributed by atoms with van der Waals surface area (Å²) in [6.07, 6.45) is 3.18. The van der Waals surface area contributed by atoms with Crippen LogP contribution in [0, 0.1) is 11.8 Å². The van der Waals surface area contributed by atoms with Gasteiger partial charge in [-0.25, -0.2) is 4.79 Å². The number of carbonyl (C=O) groups is 2. The number of carbonyl (C=O) groups excluding carboxylic acids is 2. The lowest BCUT2D eigenvalue weighted by atomic mass is 9.84. The zero-order valence-corrected chi connectivity index (χ0v) is 18.3. The van der Waals surface area contributed by atoms with Crippen LogP contribution in [0.15, 0.2) is 54.6 Å². The molecule has 0 radical (unpaired) electrons. The number of piperidine rings is 1. The highest BCUT2D eigenvalue weighted by molar-refractivity contribution is 6.30. The Bertz CT molecular complexity index is 818. The van der Waals surface area contributed by atoms with Crippen LogP contribution in [-0.4, -0.2) is 36.5 Å². The molecule has 5 nitrogen and oxygen atoms in total. The van der Waals surface area contributed by atoms with E-state index in [4.69, 9.17) is 16.3 Å². The van der Waals surface area contributed by atoms with Crippen LogP contribution in [0.5, 0.6) is 5.75 Å². The fourth-order valence-corrected chi connectivity index (χ4v) is 4.21. The highest BCUT2D eigenvalue weighted by Crippen LogP contribution is 2.31. The van der Waals surface area contributed by atoms with Crippen LogP contribution in [-0.2, 0) is 4.79 Å². The van der Waals surface area contributed by atoms with E-state index in [2.05, 4.69) is 13.8 Å². The first-order chi connectivity index (χ1) is 14.5. The Morgan fingerprint density at radius 2 is 1.77 bits per heavy atom. The molecule has 1 saturated heterocycles. The molecule has 1 unspecified atom stereocenters. The fraction of sp³-hybridized carbons (Fsp3) is 0.417. The van der Waals surface area contributed by atoms with Gasteiger partial charge in [0.15, 0.2) is 0 Å². The first-order valence-corrected chi connectivity index (χ1v) is 10.9. The van der Waals surface area contributed by atoms with E-state index in [1.54, 1.807) is 17.0 Å². The number of hydrogen-bond donors (Lipinski definition) is 0. The summed E-state index contributed by atoms with van der Waals surface area (Å²) in [6.45, 7) is 5.59. The van der Waals surface area contributed by atoms with Crippen molar-refractivity contribution in [2.45, 2.75) is 39.2 Å². The second-order valence-corrected chi connectivity index (χ2v) is 8.63. The Balaban J connectivity index is 1.66. The molecule has 0 aromatic heterocycles. The molecule has 1 atom stereocenters. The molecule has 0 N–H and O–H groups in total. The lowest BCUT2D eigenvalue weighted by molar-refractivity contribution is -0.108. The molecule has 0 spiro atoms. The van der Waals surface area contributed by atoms with Crippen molar-refractivity contribution in [3.8, 4) is 5.75 Å². The van der Waals surface area contributed by atoms with Crippen LogP contribution < -0.4 is 9.64 Å². The minimum Gasteiger partial charge on any atom is -0.410 e. The number of halogens is 1. The van der Waals surface area contributed by atoms with Crippen LogP contribution in [0.4, 0.5) is 10.5 Å². The van der Waals surface area contributed by atoms with Crippen LogP contribution in [0.25, 0.3) is 0 Å². The molecule has 6 heteroatoms. The molecule has 1 aliphatic rings. The number of likely N-dealkylation sites (tertiary alicyclic amines) is 1. The third-order valence-corrected chi connectivity index (χ3v) is 5.85. The number of para-hydroxylation sites is 1. The number of amides is 2. The van der Waals surface area contributed by atoms with Crippen molar-refractivity contribution < 1.29 is 14.3 Å². The van der Waals surface area contributed by atoms with Gasteiger partial charge in [-0.3, -0.25) is 4.79 Å². The number of anilines is 1. The molecule has 0 bridgehead atoms. The second kappa shape index (κ2) is 10.5. The number of nitrogens with zero attached hydrogens (tertiary/aromatic N) is 2. The summed E-state index contributed by atoms with van der Waals surface area (Å²) in [5.74, 6) is 1.32. The molecule has 160 valence electrons. The molecule has 1 heterocycles. The molecule has 2 aromatic carbocycles. The van der Waals surface area contributed by atoms with Gasteiger partial charge < -0.3 is 14.5 Å². The summed E-state index contributed by atoms with van der Waals surface area (Å²) in [7, 11) is 0. The van der Waals surface area contributed by atoms with E-state index in [9.17, 15) is 9.59 Å². The lowest BCUT2D eigenvalue weighted by Crippen LogP contribution is -2.47. The minimum absolute atomic E-state index is 0.0796. The number of hydrogen-bond acceptors (Lipinski definition) is 3. The smallest absolute Gasteiger partial charge is 0.410 e. The van der Waals surface area contributed by atoms with E-state index in [0.29, 0.717) is 35.7 Å². The summed E-state index contributed by atoms with van der Waals surface area (Å²) in [6, 6.07) is 16.6. The Morgan fingerprint density at radius 1 is 1.13 bits per heavy atom. The first-order valence-electron chi connectivity index (χ1n) is 10.5. The van der Waals surface area contributed by atoms with Gasteiger partial charge in [-0.15, -0.1) is 0 Å². The maximum absolute atomic E-state index is 12.5. The van der Waals surface area contributed by atoms with E-state index in [-0.39, 0.29) is 12.1 Å². The fourth-order valence-electron chi connectivity index (χ4n) is 4.08. The monoisotopic (exact) mass is 428 g/mol. The van der Waals surface area contributed by atoms with Crippen molar-refractivity contribution in [1.29, 1.82) is 0 Å². The van der Waals surface area contributed by atoms with Gasteiger partial charge in [-0.2, -0.15) is 0 Å². The van der Waals surface area contributed by atoms with Crippen molar-refractivity contribution in [2.75, 3.05) is 18.0 Å². The average molecular weight is 429 g/mol. The molecule has 2 aromatic rings. The largest absolute Gasteiger partial charge is 0.415 e. The summed E-state index contributed by atoms with van der Waals surface area (Å²) in [5, 5.41) is 0.648. The van der Waals surface area contributed by atoms with Crippen LogP contribution in [0.3, 0.4) is 0 Å². The standard InChI is InChI=1S/C24H29ClN2O3/c1-18(2)16-23(27(17-28)21-10-8-20(25)9-11-21)19-12-14-26(15-13-19)24(29)30-22-6-4-3-5-7-22/h3-11,17-19,23H,12-16H2,1-2H3. The Hall–Kier alpha value is -2.53. The molecule has 3 rings (SSSR count). The lowest BCUT2D eigenvalue weighted by Gasteiger charge is -2.40. The summed E-state index contributed by atoms with van der Waals surface area (Å²) in [5.41, 5.74) is 0.853. The topological polar surface area (TPSA) is 49.9 Å². The third-order valence-electron chi connectivity index (χ3n) is 5.60. The molecular weight excluding hydrogens is 400 g/mol. The zero-order chi connectivity index (χ0) is 21.5. The summed E-state index contributed by atoms with van der Waals surface area (Å²) >= 11 is 6.02. The average Bonchev–Trinajstić information content (AvgIpc) is 2.75. The predicted molar refractivity (Wildman–Crippen MR) is 120 cm³/mol. The van der Waals surface area contributed by atoms with Crippen LogP contribution >= 0.6 is 11.6 Å². The first kappa shape index (κ1) is 22.2. The van der Waals surface area contributed by atoms with Gasteiger partial charge >= 0.3 is 6.09 Å². The van der Waals surface area contributed by atoms with Gasteiger partial charge in [0.25, 0.3) is 0 Å². The van der Waals surface area contributed by atoms with E-state index in [0.717, 1.165) is 31.4 Å². The second-order valence-electron chi connectivity index (χ2n) is 8.19. The highest BCUT2D eigenvalue weighted by Gasteiger charge is 2.33. The van der Waals surface area contributed by atoms with Crippen LogP contribution in [0.1, 0.15) is 33.1 Å². The number of rotatable bonds is 7. The van der Waals surface area contributed by atoms with E-state index in [1.807, 2.05) is 47.4 Å². The van der Waals surface area contributed by atoms with Crippen molar-refractivity contribution in [1.82, 2.24) is 4.90 Å². The minimum atomic E-state index is -0.315. The predicted octanol–water partition coefficient (Wildman–Crippen LogP) is 5.63. The highest BCUT2D eigenvalue weighted by atomic mass is 35.5. The maximum Gasteiger partial charge on any atom is 0.415 e. The molecule has 0 saturated carbocycles. The van der Waals surface area contributed by atoms with E-state index in [1.165, 1.54) is 0 Å². The quantitative estimate of drug-likeness (QED) is 0.537. The van der Waals surface area contributed by atoms with Gasteiger partial charge in [-0.05, 0) is 67.5 Å². The SMILES string of the molecule is CC(C)CC(C1CCN(C(=O)Oc2ccccc2)CC1)N(C=O)c1ccc(Cl)cc1. The summed E-state index contributed by atoms with van der Waals surface area (Å²) in [4.78, 5) is 28.1. The Kier molecular flexibility index (Phi) is 7.75. The van der Waals surface area contributed by atoms with E-state index >= 15 is 0 Å². The maximum atomic E-state index is 12.5. The molecule has 30 heavy (non-hydrogen) atoms. The van der Waals surface area contributed by atoms with Crippen molar-refractivity contribution in [2.24, 2.45) is 11.8 Å². The Morgan fingerprint density at radius 3 is 2.33 bits per heavy atom. The van der Waals surface area contributed by atoms with Crippen molar-refractivity contribution in [3.63, 3.8) is 0 Å². The number of benzene rings is 2. The molecule has 1 aliphatic heterocycles. The Labute approximate surface area is 183 Å². The van der Waals surface area contributed by atoms with E-state index < -0.39 is 0 Å². The zero-order valence-electron chi connectivity index (χ0n) is 17.5. The molecule has 1 fully saturated rings. The van der Waals surface area contributed by atoms with Gasteiger partial charge in [0.2, 0.25) is 6.41 Å². The van der Waals surface area contributed by atoms with Crippen molar-refractivity contribution in [3.05, 3.63) is 59.6 Å². The van der Waals surface area contributed by atoms with Gasteiger partial charge in [0.1, 0.15) is 5.75 Å². The summed E-state index contributed by atoms with van der Waals surface area (Å²) < 4.78 is 5.47. The molecular formula is C24H29ClN2O3. The van der Waals surface area contributed by atoms with Gasteiger partial charge in [-0.1, -0.05) is 43.6 Å². The molecule has 0 aliphatic carbocycles. The van der Waals surface area contributed by atoms with Gasteiger partial charge in [0.05, 0.1) is 0 Å². The molecule has 2 amide bonds. The third kappa shape index (κ3) is 5.76. The van der Waals surface area contributed by atoms with Gasteiger partial charge in [0, 0.05) is 29.8 Å². The normalized spacial score (nSPS) is 15.7.